The highest BCUT2D eigenvalue weighted by Crippen LogP contribution is 2.52. The van der Waals surface area contributed by atoms with Crippen LogP contribution in [0.4, 0.5) is 0 Å². The van der Waals surface area contributed by atoms with E-state index in [0.717, 1.165) is 28.2 Å². The summed E-state index contributed by atoms with van der Waals surface area (Å²) in [6, 6.07) is 18.3. The van der Waals surface area contributed by atoms with Gasteiger partial charge in [-0.2, -0.15) is 10.1 Å². The number of imide groups is 1. The quantitative estimate of drug-likeness (QED) is 0.394. The fraction of sp³-hybridized carbons (Fsp3) is 0.208. The molecular formula is C24H19N3O2. The summed E-state index contributed by atoms with van der Waals surface area (Å²) in [4.78, 5) is 25.6. The predicted molar refractivity (Wildman–Crippen MR) is 110 cm³/mol. The fourth-order valence-electron chi connectivity index (χ4n) is 5.18. The van der Waals surface area contributed by atoms with Crippen LogP contribution in [0.15, 0.2) is 78.0 Å². The van der Waals surface area contributed by atoms with E-state index in [-0.39, 0.29) is 35.5 Å². The number of hydrazone groups is 1. The Balaban J connectivity index is 1.31. The number of hydrogen-bond acceptors (Lipinski definition) is 3. The fourth-order valence-corrected chi connectivity index (χ4v) is 5.18. The van der Waals surface area contributed by atoms with Crippen LogP contribution in [0, 0.1) is 23.7 Å². The number of amides is 2. The summed E-state index contributed by atoms with van der Waals surface area (Å²) in [7, 11) is 0. The van der Waals surface area contributed by atoms with E-state index < -0.39 is 0 Å². The Bertz CT molecular complexity index is 1190. The van der Waals surface area contributed by atoms with E-state index in [0.29, 0.717) is 0 Å². The van der Waals surface area contributed by atoms with Crippen molar-refractivity contribution in [3.63, 3.8) is 0 Å². The van der Waals surface area contributed by atoms with Crippen molar-refractivity contribution in [3.8, 4) is 5.69 Å². The van der Waals surface area contributed by atoms with Crippen LogP contribution in [0.3, 0.4) is 0 Å². The molecule has 5 nitrogen and oxygen atoms in total. The maximum absolute atomic E-state index is 12.8. The molecule has 1 saturated carbocycles. The first kappa shape index (κ1) is 16.5. The van der Waals surface area contributed by atoms with Crippen molar-refractivity contribution in [2.24, 2.45) is 28.8 Å². The van der Waals surface area contributed by atoms with Crippen LogP contribution in [0.1, 0.15) is 12.1 Å². The van der Waals surface area contributed by atoms with Gasteiger partial charge >= 0.3 is 0 Å². The van der Waals surface area contributed by atoms with Gasteiger partial charge in [0.1, 0.15) is 0 Å². The van der Waals surface area contributed by atoms with Crippen LogP contribution in [0.5, 0.6) is 0 Å². The predicted octanol–water partition coefficient (Wildman–Crippen LogP) is 3.77. The number of allylic oxidation sites excluding steroid dienone is 2. The third-order valence-corrected chi connectivity index (χ3v) is 6.54. The Morgan fingerprint density at radius 3 is 2.34 bits per heavy atom. The number of carbonyl (C=O) groups is 2. The zero-order valence-electron chi connectivity index (χ0n) is 15.7. The van der Waals surface area contributed by atoms with Gasteiger partial charge in [-0.05, 0) is 53.3 Å². The van der Waals surface area contributed by atoms with Crippen LogP contribution in [-0.4, -0.2) is 27.6 Å². The summed E-state index contributed by atoms with van der Waals surface area (Å²) < 4.78 is 2.01. The largest absolute Gasteiger partial charge is 0.316 e. The molecule has 2 heterocycles. The highest BCUT2D eigenvalue weighted by molar-refractivity contribution is 6.06. The maximum Gasteiger partial charge on any atom is 0.254 e. The Labute approximate surface area is 167 Å². The molecular weight excluding hydrogens is 362 g/mol. The lowest BCUT2D eigenvalue weighted by atomic mass is 9.85. The Morgan fingerprint density at radius 2 is 1.59 bits per heavy atom. The van der Waals surface area contributed by atoms with Gasteiger partial charge in [0.25, 0.3) is 11.8 Å². The lowest BCUT2D eigenvalue weighted by molar-refractivity contribution is -0.140. The minimum absolute atomic E-state index is 0.156. The molecule has 29 heavy (non-hydrogen) atoms. The van der Waals surface area contributed by atoms with Crippen molar-refractivity contribution in [1.29, 1.82) is 0 Å². The Morgan fingerprint density at radius 1 is 0.862 bits per heavy atom. The Hall–Kier alpha value is -3.47. The lowest BCUT2D eigenvalue weighted by Crippen LogP contribution is -2.28. The monoisotopic (exact) mass is 381 g/mol. The highest BCUT2D eigenvalue weighted by atomic mass is 16.2. The molecule has 2 aliphatic carbocycles. The van der Waals surface area contributed by atoms with Crippen molar-refractivity contribution in [2.75, 3.05) is 0 Å². The lowest BCUT2D eigenvalue weighted by Gasteiger charge is -2.13. The molecule has 2 fully saturated rings. The maximum atomic E-state index is 12.8. The molecule has 0 unspecified atom stereocenters. The summed E-state index contributed by atoms with van der Waals surface area (Å²) in [5, 5.41) is 7.75. The summed E-state index contributed by atoms with van der Waals surface area (Å²) in [6.45, 7) is 0. The highest BCUT2D eigenvalue weighted by Gasteiger charge is 2.59. The summed E-state index contributed by atoms with van der Waals surface area (Å²) in [5.41, 5.74) is 1.83. The second kappa shape index (κ2) is 6.01. The summed E-state index contributed by atoms with van der Waals surface area (Å²) >= 11 is 0. The van der Waals surface area contributed by atoms with Crippen LogP contribution < -0.4 is 0 Å². The Kier molecular flexibility index (Phi) is 3.42. The second-order valence-electron chi connectivity index (χ2n) is 8.07. The third kappa shape index (κ3) is 2.37. The molecule has 0 N–H and O–H groups in total. The first-order chi connectivity index (χ1) is 14.2. The van der Waals surface area contributed by atoms with E-state index in [1.807, 2.05) is 35.0 Å². The molecule has 5 heteroatoms. The number of carbonyl (C=O) groups excluding carboxylic acids is 2. The van der Waals surface area contributed by atoms with E-state index in [2.05, 4.69) is 47.6 Å². The van der Waals surface area contributed by atoms with E-state index in [1.165, 1.54) is 5.39 Å². The summed E-state index contributed by atoms with van der Waals surface area (Å²) in [5.74, 6) is -0.358. The zero-order valence-corrected chi connectivity index (χ0v) is 15.7. The van der Waals surface area contributed by atoms with E-state index in [9.17, 15) is 9.59 Å². The average molecular weight is 381 g/mol. The first-order valence-corrected chi connectivity index (χ1v) is 9.97. The van der Waals surface area contributed by atoms with Gasteiger partial charge in [-0.3, -0.25) is 9.59 Å². The molecule has 1 aliphatic heterocycles. The third-order valence-electron chi connectivity index (χ3n) is 6.54. The number of hydrogen-bond donors (Lipinski definition) is 0. The molecule has 2 amide bonds. The molecule has 3 aromatic rings. The minimum Gasteiger partial charge on any atom is -0.316 e. The van der Waals surface area contributed by atoms with Crippen LogP contribution in [0.25, 0.3) is 16.5 Å². The van der Waals surface area contributed by atoms with E-state index >= 15 is 0 Å². The number of fused-ring (bicyclic) bond motifs is 6. The molecule has 1 saturated heterocycles. The number of aromatic nitrogens is 1. The van der Waals surface area contributed by atoms with Gasteiger partial charge in [0, 0.05) is 11.9 Å². The molecule has 142 valence electrons. The molecule has 3 aliphatic rings. The van der Waals surface area contributed by atoms with Gasteiger partial charge in [-0.15, -0.1) is 0 Å². The average Bonchev–Trinajstić information content (AvgIpc) is 3.51. The number of rotatable bonds is 3. The second-order valence-corrected chi connectivity index (χ2v) is 8.07. The SMILES string of the molecule is O=C1[C@@H]2[C@H](C(=O)N1N=Cc1cccn1-c1ccc3ccccc3c1)[C@H]1C=C[C@H]2C1. The smallest absolute Gasteiger partial charge is 0.254 e. The molecule has 6 rings (SSSR count). The van der Waals surface area contributed by atoms with Crippen molar-refractivity contribution in [1.82, 2.24) is 9.58 Å². The van der Waals surface area contributed by atoms with E-state index in [1.54, 1.807) is 6.21 Å². The van der Waals surface area contributed by atoms with Crippen molar-refractivity contribution < 1.29 is 9.59 Å². The topological polar surface area (TPSA) is 54.7 Å². The van der Waals surface area contributed by atoms with Gasteiger partial charge in [-0.1, -0.05) is 42.5 Å². The zero-order chi connectivity index (χ0) is 19.5. The molecule has 0 spiro atoms. The van der Waals surface area contributed by atoms with Crippen LogP contribution in [-0.2, 0) is 9.59 Å². The van der Waals surface area contributed by atoms with Crippen molar-refractivity contribution >= 4 is 28.8 Å². The van der Waals surface area contributed by atoms with Gasteiger partial charge in [0.05, 0.1) is 23.7 Å². The van der Waals surface area contributed by atoms with E-state index in [4.69, 9.17) is 0 Å². The number of benzene rings is 2. The minimum atomic E-state index is -0.220. The molecule has 2 bridgehead atoms. The standard InChI is InChI=1S/C24H19N3O2/c28-23-21-17-7-8-18(12-17)22(21)24(29)27(23)25-14-20-6-3-11-26(20)19-10-9-15-4-1-2-5-16(15)13-19/h1-11,13-14,17-18,21-22H,12H2/t17-,18-,21-,22+/m0/s1. The van der Waals surface area contributed by atoms with Crippen molar-refractivity contribution in [3.05, 3.63) is 78.6 Å². The molecule has 0 radical (unpaired) electrons. The van der Waals surface area contributed by atoms with Gasteiger partial charge < -0.3 is 4.57 Å². The van der Waals surface area contributed by atoms with Crippen LogP contribution >= 0.6 is 0 Å². The van der Waals surface area contributed by atoms with Gasteiger partial charge in [-0.25, -0.2) is 0 Å². The summed E-state index contributed by atoms with van der Waals surface area (Å²) in [6.07, 6.45) is 8.68. The molecule has 2 aromatic carbocycles. The first-order valence-electron chi connectivity index (χ1n) is 9.97. The van der Waals surface area contributed by atoms with Gasteiger partial charge in [0.2, 0.25) is 0 Å². The number of nitrogens with zero attached hydrogens (tertiary/aromatic N) is 3. The van der Waals surface area contributed by atoms with Crippen molar-refractivity contribution in [2.45, 2.75) is 6.42 Å². The molecule has 4 atom stereocenters. The van der Waals surface area contributed by atoms with Gasteiger partial charge in [0.15, 0.2) is 0 Å². The van der Waals surface area contributed by atoms with Crippen LogP contribution in [0.2, 0.25) is 0 Å². The normalized spacial score (nSPS) is 27.7. The molecule has 1 aromatic heterocycles.